The molecule has 2 aromatic rings. The molecule has 0 bridgehead atoms. The lowest BCUT2D eigenvalue weighted by molar-refractivity contribution is 0.398. The summed E-state index contributed by atoms with van der Waals surface area (Å²) in [5, 5.41) is 0.763. The summed E-state index contributed by atoms with van der Waals surface area (Å²) in [6.07, 6.45) is 0. The zero-order valence-corrected chi connectivity index (χ0v) is 11.3. The second-order valence-corrected chi connectivity index (χ2v) is 4.72. The minimum Gasteiger partial charge on any atom is -0.486 e. The van der Waals surface area contributed by atoms with Gasteiger partial charge >= 0.3 is 0 Å². The fraction of sp³-hybridized carbons (Fsp3) is 0.182. The van der Waals surface area contributed by atoms with E-state index in [2.05, 4.69) is 20.3 Å². The number of hydrogen-bond acceptors (Lipinski definition) is 4. The Morgan fingerprint density at radius 3 is 2.38 bits per heavy atom. The number of rotatable bonds is 3. The van der Waals surface area contributed by atoms with Crippen LogP contribution in [0.3, 0.4) is 0 Å². The van der Waals surface area contributed by atoms with Crippen LogP contribution >= 0.6 is 27.5 Å². The molecular formula is C11H10BrNO2S. The molecule has 0 aliphatic heterocycles. The Bertz CT molecular complexity index is 460. The van der Waals surface area contributed by atoms with Gasteiger partial charge in [-0.05, 0) is 17.7 Å². The minimum absolute atomic E-state index is 0.601. The van der Waals surface area contributed by atoms with Crippen LogP contribution in [0.25, 0.3) is 11.1 Å². The van der Waals surface area contributed by atoms with Crippen LogP contribution in [0.5, 0.6) is 10.9 Å². The fourth-order valence-corrected chi connectivity index (χ4v) is 2.37. The van der Waals surface area contributed by atoms with E-state index in [1.165, 1.54) is 11.5 Å². The molecule has 0 fully saturated rings. The quantitative estimate of drug-likeness (QED) is 0.868. The van der Waals surface area contributed by atoms with Gasteiger partial charge in [0.15, 0.2) is 0 Å². The summed E-state index contributed by atoms with van der Waals surface area (Å²) in [5.41, 5.74) is 1.94. The molecule has 5 heteroatoms. The highest BCUT2D eigenvalue weighted by Gasteiger charge is 2.16. The van der Waals surface area contributed by atoms with Gasteiger partial charge in [-0.15, -0.1) is 0 Å². The third-order valence-corrected chi connectivity index (χ3v) is 3.46. The van der Waals surface area contributed by atoms with Crippen LogP contribution in [0.2, 0.25) is 0 Å². The van der Waals surface area contributed by atoms with E-state index in [1.807, 2.05) is 24.3 Å². The molecule has 0 aliphatic carbocycles. The molecule has 0 saturated carbocycles. The second-order valence-electron chi connectivity index (χ2n) is 3.07. The van der Waals surface area contributed by atoms with E-state index in [-0.39, 0.29) is 0 Å². The molecule has 84 valence electrons. The highest BCUT2D eigenvalue weighted by atomic mass is 79.9. The summed E-state index contributed by atoms with van der Waals surface area (Å²) in [4.78, 5) is 0. The fourth-order valence-electron chi connectivity index (χ4n) is 1.40. The van der Waals surface area contributed by atoms with Gasteiger partial charge in [0.25, 0.3) is 0 Å². The summed E-state index contributed by atoms with van der Waals surface area (Å²) in [6, 6.07) is 7.95. The van der Waals surface area contributed by atoms with Crippen molar-refractivity contribution >= 4 is 27.5 Å². The maximum absolute atomic E-state index is 5.28. The minimum atomic E-state index is 0.601. The SMILES string of the molecule is COc1nsc(OC)c1-c1ccc(Br)cc1. The molecule has 16 heavy (non-hydrogen) atoms. The predicted molar refractivity (Wildman–Crippen MR) is 68.4 cm³/mol. The van der Waals surface area contributed by atoms with Crippen molar-refractivity contribution in [3.8, 4) is 22.1 Å². The van der Waals surface area contributed by atoms with Crippen molar-refractivity contribution in [1.29, 1.82) is 0 Å². The van der Waals surface area contributed by atoms with E-state index in [9.17, 15) is 0 Å². The van der Waals surface area contributed by atoms with Gasteiger partial charge in [0.1, 0.15) is 0 Å². The van der Waals surface area contributed by atoms with Crippen LogP contribution in [0.1, 0.15) is 0 Å². The van der Waals surface area contributed by atoms with Gasteiger partial charge in [0, 0.05) is 16.0 Å². The van der Waals surface area contributed by atoms with Gasteiger partial charge in [0.2, 0.25) is 10.9 Å². The Balaban J connectivity index is 2.52. The van der Waals surface area contributed by atoms with Gasteiger partial charge in [-0.3, -0.25) is 0 Å². The maximum atomic E-state index is 5.28. The van der Waals surface area contributed by atoms with E-state index >= 15 is 0 Å². The first-order chi connectivity index (χ1) is 7.76. The number of halogens is 1. The largest absolute Gasteiger partial charge is 0.486 e. The average Bonchev–Trinajstić information content (AvgIpc) is 2.73. The van der Waals surface area contributed by atoms with Crippen LogP contribution in [-0.2, 0) is 0 Å². The van der Waals surface area contributed by atoms with E-state index in [4.69, 9.17) is 9.47 Å². The highest BCUT2D eigenvalue weighted by molar-refractivity contribution is 9.10. The molecule has 0 aliphatic rings. The molecule has 1 aromatic carbocycles. The van der Waals surface area contributed by atoms with Gasteiger partial charge in [-0.25, -0.2) is 0 Å². The van der Waals surface area contributed by atoms with Crippen LogP contribution in [0.15, 0.2) is 28.7 Å². The first kappa shape index (κ1) is 11.4. The van der Waals surface area contributed by atoms with Crippen LogP contribution in [0, 0.1) is 0 Å². The van der Waals surface area contributed by atoms with Gasteiger partial charge < -0.3 is 9.47 Å². The standard InChI is InChI=1S/C11H10BrNO2S/c1-14-10-9(11(15-2)16-13-10)7-3-5-8(12)6-4-7/h3-6H,1-2H3. The molecule has 0 atom stereocenters. The third-order valence-electron chi connectivity index (χ3n) is 2.14. The second kappa shape index (κ2) is 4.84. The number of benzene rings is 1. The van der Waals surface area contributed by atoms with Crippen molar-refractivity contribution in [1.82, 2.24) is 4.37 Å². The van der Waals surface area contributed by atoms with E-state index in [0.717, 1.165) is 20.7 Å². The summed E-state index contributed by atoms with van der Waals surface area (Å²) in [6.45, 7) is 0. The molecule has 0 unspecified atom stereocenters. The van der Waals surface area contributed by atoms with Crippen molar-refractivity contribution in [3.05, 3.63) is 28.7 Å². The Hall–Kier alpha value is -1.07. The average molecular weight is 300 g/mol. The number of methoxy groups -OCH3 is 2. The molecule has 2 rings (SSSR count). The first-order valence-corrected chi connectivity index (χ1v) is 6.16. The summed E-state index contributed by atoms with van der Waals surface area (Å²) >= 11 is 4.70. The van der Waals surface area contributed by atoms with Crippen molar-refractivity contribution in [2.45, 2.75) is 0 Å². The Labute approximate surface area is 106 Å². The summed E-state index contributed by atoms with van der Waals surface area (Å²) < 4.78 is 15.7. The molecule has 1 heterocycles. The molecular weight excluding hydrogens is 290 g/mol. The van der Waals surface area contributed by atoms with Gasteiger partial charge in [0.05, 0.1) is 19.8 Å². The van der Waals surface area contributed by atoms with Crippen LogP contribution in [-0.4, -0.2) is 18.6 Å². The zero-order valence-electron chi connectivity index (χ0n) is 8.86. The van der Waals surface area contributed by atoms with Crippen molar-refractivity contribution < 1.29 is 9.47 Å². The lowest BCUT2D eigenvalue weighted by Gasteiger charge is -2.04. The topological polar surface area (TPSA) is 31.4 Å². The summed E-state index contributed by atoms with van der Waals surface area (Å²) in [5.74, 6) is 0.601. The Morgan fingerprint density at radius 2 is 1.81 bits per heavy atom. The molecule has 0 N–H and O–H groups in total. The molecule has 1 aromatic heterocycles. The Morgan fingerprint density at radius 1 is 1.12 bits per heavy atom. The monoisotopic (exact) mass is 299 g/mol. The predicted octanol–water partition coefficient (Wildman–Crippen LogP) is 3.59. The highest BCUT2D eigenvalue weighted by Crippen LogP contribution is 2.41. The molecule has 0 saturated heterocycles. The molecule has 0 spiro atoms. The van der Waals surface area contributed by atoms with E-state index in [0.29, 0.717) is 5.88 Å². The van der Waals surface area contributed by atoms with Gasteiger partial charge in [-0.1, -0.05) is 28.1 Å². The normalized spacial score (nSPS) is 10.2. The third kappa shape index (κ3) is 2.05. The maximum Gasteiger partial charge on any atom is 0.236 e. The van der Waals surface area contributed by atoms with Crippen LogP contribution in [0.4, 0.5) is 0 Å². The molecule has 0 amide bonds. The van der Waals surface area contributed by atoms with Crippen molar-refractivity contribution in [2.24, 2.45) is 0 Å². The number of nitrogens with zero attached hydrogens (tertiary/aromatic N) is 1. The smallest absolute Gasteiger partial charge is 0.236 e. The van der Waals surface area contributed by atoms with Crippen molar-refractivity contribution in [3.63, 3.8) is 0 Å². The van der Waals surface area contributed by atoms with Crippen molar-refractivity contribution in [2.75, 3.05) is 14.2 Å². The number of hydrogen-bond donors (Lipinski definition) is 0. The van der Waals surface area contributed by atoms with E-state index in [1.54, 1.807) is 14.2 Å². The lowest BCUT2D eigenvalue weighted by atomic mass is 10.1. The van der Waals surface area contributed by atoms with E-state index < -0.39 is 0 Å². The molecule has 0 radical (unpaired) electrons. The summed E-state index contributed by atoms with van der Waals surface area (Å²) in [7, 11) is 3.24. The lowest BCUT2D eigenvalue weighted by Crippen LogP contribution is -1.87. The number of ether oxygens (including phenoxy) is 2. The Kier molecular flexibility index (Phi) is 3.46. The first-order valence-electron chi connectivity index (χ1n) is 4.60. The molecule has 3 nitrogen and oxygen atoms in total. The number of aromatic nitrogens is 1. The van der Waals surface area contributed by atoms with Gasteiger partial charge in [-0.2, -0.15) is 4.37 Å². The van der Waals surface area contributed by atoms with Crippen LogP contribution < -0.4 is 9.47 Å². The zero-order chi connectivity index (χ0) is 11.5.